The fourth-order valence-corrected chi connectivity index (χ4v) is 3.14. The molecule has 8 heteroatoms. The second-order valence-electron chi connectivity index (χ2n) is 3.57. The van der Waals surface area contributed by atoms with Crippen molar-refractivity contribution in [2.45, 2.75) is 16.8 Å². The summed E-state index contributed by atoms with van der Waals surface area (Å²) in [6.07, 6.45) is 0. The molecule has 2 rings (SSSR count). The third-order valence-corrected chi connectivity index (χ3v) is 4.21. The molecule has 0 aliphatic rings. The molecule has 2 aromatic heterocycles. The molecule has 0 atom stereocenters. The molecule has 19 heavy (non-hydrogen) atoms. The fourth-order valence-electron chi connectivity index (χ4n) is 1.39. The maximum atomic E-state index is 10.8. The van der Waals surface area contributed by atoms with E-state index in [2.05, 4.69) is 4.98 Å². The van der Waals surface area contributed by atoms with Crippen LogP contribution < -0.4 is 0 Å². The summed E-state index contributed by atoms with van der Waals surface area (Å²) in [5.41, 5.74) is 0.310. The monoisotopic (exact) mass is 296 g/mol. The van der Waals surface area contributed by atoms with E-state index < -0.39 is 10.9 Å². The Morgan fingerprint density at radius 3 is 2.79 bits per heavy atom. The summed E-state index contributed by atoms with van der Waals surface area (Å²) in [7, 11) is 0. The highest BCUT2D eigenvalue weighted by atomic mass is 32.2. The van der Waals surface area contributed by atoms with Gasteiger partial charge in [0.05, 0.1) is 4.92 Å². The van der Waals surface area contributed by atoms with Crippen molar-refractivity contribution in [3.63, 3.8) is 0 Å². The van der Waals surface area contributed by atoms with Gasteiger partial charge in [-0.3, -0.25) is 10.1 Å². The average Bonchev–Trinajstić information content (AvgIpc) is 2.77. The average molecular weight is 296 g/mol. The third-order valence-electron chi connectivity index (χ3n) is 2.24. The van der Waals surface area contributed by atoms with Crippen LogP contribution in [0.2, 0.25) is 0 Å². The Bertz CT molecular complexity index is 654. The molecular formula is C11H8N2O4S2. The maximum absolute atomic E-state index is 10.8. The number of aryl methyl sites for hydroxylation is 1. The summed E-state index contributed by atoms with van der Waals surface area (Å²) in [6.45, 7) is 1.57. The van der Waals surface area contributed by atoms with Crippen molar-refractivity contribution in [3.8, 4) is 0 Å². The van der Waals surface area contributed by atoms with E-state index in [1.54, 1.807) is 24.4 Å². The second kappa shape index (κ2) is 5.37. The van der Waals surface area contributed by atoms with Crippen LogP contribution in [0.1, 0.15) is 15.4 Å². The molecular weight excluding hydrogens is 288 g/mol. The van der Waals surface area contributed by atoms with Crippen molar-refractivity contribution in [2.24, 2.45) is 0 Å². The van der Waals surface area contributed by atoms with Crippen molar-refractivity contribution >= 4 is 34.8 Å². The van der Waals surface area contributed by atoms with E-state index in [1.165, 1.54) is 17.8 Å². The number of nitrogens with zero attached hydrogens (tertiary/aromatic N) is 2. The van der Waals surface area contributed by atoms with Gasteiger partial charge in [-0.25, -0.2) is 9.78 Å². The molecule has 0 radical (unpaired) electrons. The van der Waals surface area contributed by atoms with E-state index in [4.69, 9.17) is 5.11 Å². The highest BCUT2D eigenvalue weighted by Crippen LogP contribution is 2.31. The zero-order valence-electron chi connectivity index (χ0n) is 9.69. The van der Waals surface area contributed by atoms with E-state index >= 15 is 0 Å². The number of carbonyl (C=O) groups is 1. The number of carboxylic acid groups (broad SMARTS) is 1. The van der Waals surface area contributed by atoms with Crippen molar-refractivity contribution in [1.29, 1.82) is 0 Å². The molecule has 0 unspecified atom stereocenters. The van der Waals surface area contributed by atoms with Crippen LogP contribution >= 0.6 is 23.1 Å². The van der Waals surface area contributed by atoms with Crippen molar-refractivity contribution in [2.75, 3.05) is 0 Å². The molecule has 0 bridgehead atoms. The zero-order chi connectivity index (χ0) is 14.0. The summed E-state index contributed by atoms with van der Waals surface area (Å²) >= 11 is 2.41. The highest BCUT2D eigenvalue weighted by Gasteiger charge is 2.13. The minimum absolute atomic E-state index is 0.0270. The summed E-state index contributed by atoms with van der Waals surface area (Å²) in [5.74, 6) is -0.968. The predicted molar refractivity (Wildman–Crippen MR) is 71.0 cm³/mol. The van der Waals surface area contributed by atoms with E-state index in [1.807, 2.05) is 0 Å². The van der Waals surface area contributed by atoms with Gasteiger partial charge < -0.3 is 5.11 Å². The van der Waals surface area contributed by atoms with Crippen LogP contribution in [0.25, 0.3) is 0 Å². The fraction of sp³-hybridized carbons (Fsp3) is 0.0909. The van der Waals surface area contributed by atoms with Crippen molar-refractivity contribution in [1.82, 2.24) is 4.98 Å². The van der Waals surface area contributed by atoms with Gasteiger partial charge in [0.25, 0.3) is 5.69 Å². The van der Waals surface area contributed by atoms with Gasteiger partial charge in [0.15, 0.2) is 0 Å². The number of rotatable bonds is 4. The van der Waals surface area contributed by atoms with E-state index in [0.29, 0.717) is 10.7 Å². The first kappa shape index (κ1) is 13.5. The molecule has 0 amide bonds. The minimum Gasteiger partial charge on any atom is -0.477 e. The number of nitro groups is 1. The van der Waals surface area contributed by atoms with Crippen LogP contribution in [0.4, 0.5) is 5.69 Å². The number of hydrogen-bond donors (Lipinski definition) is 1. The lowest BCUT2D eigenvalue weighted by molar-refractivity contribution is -0.385. The van der Waals surface area contributed by atoms with Gasteiger partial charge in [-0.05, 0) is 19.1 Å². The third kappa shape index (κ3) is 3.09. The standard InChI is InChI=1S/C11H8N2O4S2/c1-6-8(13(16)17)2-3-10(12-6)19-7-4-9(11(14)15)18-5-7/h2-5H,1H3,(H,14,15). The number of thiophene rings is 1. The Hall–Kier alpha value is -1.93. The van der Waals surface area contributed by atoms with Gasteiger partial charge in [-0.2, -0.15) is 0 Å². The molecule has 6 nitrogen and oxygen atoms in total. The van der Waals surface area contributed by atoms with E-state index in [-0.39, 0.29) is 10.6 Å². The number of aromatic carboxylic acids is 1. The van der Waals surface area contributed by atoms with Gasteiger partial charge in [0.2, 0.25) is 0 Å². The molecule has 0 fully saturated rings. The van der Waals surface area contributed by atoms with Crippen molar-refractivity contribution in [3.05, 3.63) is 44.3 Å². The van der Waals surface area contributed by atoms with Crippen LogP contribution in [-0.2, 0) is 0 Å². The summed E-state index contributed by atoms with van der Waals surface area (Å²) in [6, 6.07) is 4.50. The number of hydrogen-bond acceptors (Lipinski definition) is 6. The maximum Gasteiger partial charge on any atom is 0.345 e. The Kier molecular flexibility index (Phi) is 3.82. The first-order chi connectivity index (χ1) is 8.97. The number of carboxylic acids is 1. The molecule has 1 N–H and O–H groups in total. The van der Waals surface area contributed by atoms with Crippen LogP contribution in [0.3, 0.4) is 0 Å². The lowest BCUT2D eigenvalue weighted by Gasteiger charge is -2.00. The largest absolute Gasteiger partial charge is 0.477 e. The summed E-state index contributed by atoms with van der Waals surface area (Å²) in [5, 5.41) is 21.8. The van der Waals surface area contributed by atoms with Crippen LogP contribution in [0.5, 0.6) is 0 Å². The normalized spacial score (nSPS) is 10.4. The topological polar surface area (TPSA) is 93.3 Å². The van der Waals surface area contributed by atoms with Crippen LogP contribution in [0, 0.1) is 17.0 Å². The number of pyridine rings is 1. The first-order valence-electron chi connectivity index (χ1n) is 5.09. The molecule has 0 aromatic carbocycles. The quantitative estimate of drug-likeness (QED) is 0.687. The molecule has 0 saturated carbocycles. The molecule has 0 aliphatic heterocycles. The molecule has 0 spiro atoms. The first-order valence-corrected chi connectivity index (χ1v) is 6.78. The van der Waals surface area contributed by atoms with Gasteiger partial charge in [-0.15, -0.1) is 11.3 Å². The van der Waals surface area contributed by atoms with Gasteiger partial charge in [0, 0.05) is 16.3 Å². The minimum atomic E-state index is -0.968. The van der Waals surface area contributed by atoms with Gasteiger partial charge in [0.1, 0.15) is 15.6 Å². The smallest absolute Gasteiger partial charge is 0.345 e. The Morgan fingerprint density at radius 1 is 1.53 bits per heavy atom. The predicted octanol–water partition coefficient (Wildman–Crippen LogP) is 3.21. The molecule has 2 aromatic rings. The Labute approximate surface area is 116 Å². The lowest BCUT2D eigenvalue weighted by atomic mass is 10.3. The molecule has 98 valence electrons. The van der Waals surface area contributed by atoms with E-state index in [0.717, 1.165) is 16.2 Å². The van der Waals surface area contributed by atoms with Gasteiger partial charge >= 0.3 is 5.97 Å². The molecule has 2 heterocycles. The molecule has 0 aliphatic carbocycles. The van der Waals surface area contributed by atoms with E-state index in [9.17, 15) is 14.9 Å². The van der Waals surface area contributed by atoms with Crippen LogP contribution in [-0.4, -0.2) is 21.0 Å². The number of aromatic nitrogens is 1. The SMILES string of the molecule is Cc1nc(Sc2csc(C(=O)O)c2)ccc1[N+](=O)[O-]. The molecule has 0 saturated heterocycles. The summed E-state index contributed by atoms with van der Waals surface area (Å²) < 4.78 is 0. The highest BCUT2D eigenvalue weighted by molar-refractivity contribution is 7.99. The Balaban J connectivity index is 2.21. The van der Waals surface area contributed by atoms with Gasteiger partial charge in [-0.1, -0.05) is 11.8 Å². The zero-order valence-corrected chi connectivity index (χ0v) is 11.3. The van der Waals surface area contributed by atoms with Crippen molar-refractivity contribution < 1.29 is 14.8 Å². The summed E-state index contributed by atoms with van der Waals surface area (Å²) in [4.78, 5) is 26.1. The second-order valence-corrected chi connectivity index (χ2v) is 5.57. The van der Waals surface area contributed by atoms with Crippen LogP contribution in [0.15, 0.2) is 33.5 Å². The Morgan fingerprint density at radius 2 is 2.26 bits per heavy atom. The lowest BCUT2D eigenvalue weighted by Crippen LogP contribution is -1.94.